The topological polar surface area (TPSA) is 86.1 Å². The van der Waals surface area contributed by atoms with Crippen LogP contribution >= 0.6 is 15.9 Å². The first-order valence-electron chi connectivity index (χ1n) is 8.78. The fourth-order valence-electron chi connectivity index (χ4n) is 2.78. The smallest absolute Gasteiger partial charge is 0.408 e. The van der Waals surface area contributed by atoms with Gasteiger partial charge in [-0.1, -0.05) is 6.07 Å². The Morgan fingerprint density at radius 2 is 2.00 bits per heavy atom. The van der Waals surface area contributed by atoms with Gasteiger partial charge < -0.3 is 10.1 Å². The lowest BCUT2D eigenvalue weighted by atomic mass is 10.2. The second-order valence-corrected chi connectivity index (χ2v) is 8.18. The molecule has 1 amide bonds. The summed E-state index contributed by atoms with van der Waals surface area (Å²) in [5, 5.41) is 3.21. The van der Waals surface area contributed by atoms with E-state index in [0.29, 0.717) is 26.9 Å². The number of ether oxygens (including phenoxy) is 1. The van der Waals surface area contributed by atoms with Gasteiger partial charge in [0.25, 0.3) is 5.56 Å². The maximum atomic E-state index is 13.3. The lowest BCUT2D eigenvalue weighted by molar-refractivity contribution is 0.0505. The summed E-state index contributed by atoms with van der Waals surface area (Å²) in [4.78, 5) is 34.3. The Balaban J connectivity index is 2.15. The minimum Gasteiger partial charge on any atom is -0.444 e. The van der Waals surface area contributed by atoms with E-state index in [-0.39, 0.29) is 5.56 Å². The number of pyridine rings is 1. The fourth-order valence-corrected chi connectivity index (χ4v) is 3.31. The molecule has 1 aromatic carbocycles. The SMILES string of the molecule is CC(NC(=O)OC(C)(C)C)c1nc2cccc(Br)c2c(=O)n1-c1cccnc1. The molecule has 8 heteroatoms. The summed E-state index contributed by atoms with van der Waals surface area (Å²) < 4.78 is 7.44. The van der Waals surface area contributed by atoms with Crippen LogP contribution in [0.2, 0.25) is 0 Å². The Morgan fingerprint density at radius 3 is 2.64 bits per heavy atom. The molecule has 0 saturated heterocycles. The van der Waals surface area contributed by atoms with Crippen molar-refractivity contribution in [2.75, 3.05) is 0 Å². The van der Waals surface area contributed by atoms with E-state index in [0.717, 1.165) is 0 Å². The highest BCUT2D eigenvalue weighted by molar-refractivity contribution is 9.10. The molecule has 0 fully saturated rings. The van der Waals surface area contributed by atoms with Crippen LogP contribution in [0.25, 0.3) is 16.6 Å². The molecule has 28 heavy (non-hydrogen) atoms. The van der Waals surface area contributed by atoms with Gasteiger partial charge in [-0.3, -0.25) is 14.3 Å². The first kappa shape index (κ1) is 20.0. The Hall–Kier alpha value is -2.74. The molecule has 146 valence electrons. The van der Waals surface area contributed by atoms with Crippen LogP contribution in [-0.2, 0) is 4.74 Å². The van der Waals surface area contributed by atoms with Crippen molar-refractivity contribution in [3.8, 4) is 5.69 Å². The van der Waals surface area contributed by atoms with E-state index in [2.05, 4.69) is 31.2 Å². The standard InChI is InChI=1S/C20H21BrN4O3/c1-12(23-19(27)28-20(2,3)4)17-24-15-9-5-8-14(21)16(15)18(26)25(17)13-7-6-10-22-11-13/h5-12H,1-4H3,(H,23,27). The molecule has 1 N–H and O–H groups in total. The average molecular weight is 445 g/mol. The van der Waals surface area contributed by atoms with Crippen LogP contribution in [-0.4, -0.2) is 26.2 Å². The van der Waals surface area contributed by atoms with Gasteiger partial charge in [0, 0.05) is 10.7 Å². The molecular weight excluding hydrogens is 424 g/mol. The van der Waals surface area contributed by atoms with Crippen molar-refractivity contribution < 1.29 is 9.53 Å². The Morgan fingerprint density at radius 1 is 1.25 bits per heavy atom. The van der Waals surface area contributed by atoms with Crippen LogP contribution in [0.15, 0.2) is 52.0 Å². The summed E-state index contributed by atoms with van der Waals surface area (Å²) in [6.45, 7) is 7.11. The molecule has 0 bridgehead atoms. The third kappa shape index (κ3) is 4.22. The third-order valence-electron chi connectivity index (χ3n) is 3.90. The number of fused-ring (bicyclic) bond motifs is 1. The predicted molar refractivity (Wildman–Crippen MR) is 111 cm³/mol. The largest absolute Gasteiger partial charge is 0.444 e. The lowest BCUT2D eigenvalue weighted by Crippen LogP contribution is -2.37. The molecule has 1 atom stereocenters. The summed E-state index contributed by atoms with van der Waals surface area (Å²) in [6.07, 6.45) is 2.62. The van der Waals surface area contributed by atoms with Gasteiger partial charge in [0.05, 0.1) is 28.8 Å². The number of carbonyl (C=O) groups is 1. The maximum absolute atomic E-state index is 13.3. The van der Waals surface area contributed by atoms with Gasteiger partial charge in [0.1, 0.15) is 11.4 Å². The van der Waals surface area contributed by atoms with Crippen molar-refractivity contribution in [3.63, 3.8) is 0 Å². The molecular formula is C20H21BrN4O3. The maximum Gasteiger partial charge on any atom is 0.408 e. The van der Waals surface area contributed by atoms with Gasteiger partial charge in [0.15, 0.2) is 0 Å². The first-order valence-corrected chi connectivity index (χ1v) is 9.58. The van der Waals surface area contributed by atoms with Crippen molar-refractivity contribution in [1.82, 2.24) is 19.9 Å². The summed E-state index contributed by atoms with van der Waals surface area (Å²) in [5.74, 6) is 0.384. The minimum absolute atomic E-state index is 0.252. The first-order chi connectivity index (χ1) is 13.2. The molecule has 0 aliphatic carbocycles. The van der Waals surface area contributed by atoms with Gasteiger partial charge in [-0.2, -0.15) is 0 Å². The molecule has 3 rings (SSSR count). The molecule has 1 unspecified atom stereocenters. The highest BCUT2D eigenvalue weighted by atomic mass is 79.9. The van der Waals surface area contributed by atoms with Gasteiger partial charge in [-0.15, -0.1) is 0 Å². The Kier molecular flexibility index (Phi) is 5.51. The quantitative estimate of drug-likeness (QED) is 0.655. The number of aromatic nitrogens is 3. The summed E-state index contributed by atoms with van der Waals surface area (Å²) in [7, 11) is 0. The van der Waals surface area contributed by atoms with Crippen molar-refractivity contribution >= 4 is 32.9 Å². The number of amides is 1. The van der Waals surface area contributed by atoms with E-state index in [4.69, 9.17) is 4.74 Å². The van der Waals surface area contributed by atoms with Gasteiger partial charge in [0.2, 0.25) is 0 Å². The summed E-state index contributed by atoms with van der Waals surface area (Å²) >= 11 is 3.43. The molecule has 0 aliphatic heterocycles. The van der Waals surface area contributed by atoms with Gasteiger partial charge in [-0.05, 0) is 67.9 Å². The number of hydrogen-bond donors (Lipinski definition) is 1. The zero-order valence-corrected chi connectivity index (χ0v) is 17.6. The number of halogens is 1. The second kappa shape index (κ2) is 7.71. The number of benzene rings is 1. The minimum atomic E-state index is -0.630. The highest BCUT2D eigenvalue weighted by Gasteiger charge is 2.23. The van der Waals surface area contributed by atoms with Crippen LogP contribution < -0.4 is 10.9 Å². The van der Waals surface area contributed by atoms with Crippen molar-refractivity contribution in [2.24, 2.45) is 0 Å². The van der Waals surface area contributed by atoms with Gasteiger partial charge in [-0.25, -0.2) is 9.78 Å². The number of carbonyl (C=O) groups excluding carboxylic acids is 1. The molecule has 2 heterocycles. The van der Waals surface area contributed by atoms with Crippen LogP contribution in [0, 0.1) is 0 Å². The van der Waals surface area contributed by atoms with E-state index < -0.39 is 17.7 Å². The molecule has 0 spiro atoms. The summed E-state index contributed by atoms with van der Waals surface area (Å²) in [5.41, 5.74) is 0.213. The zero-order chi connectivity index (χ0) is 20.5. The molecule has 0 saturated carbocycles. The lowest BCUT2D eigenvalue weighted by Gasteiger charge is -2.23. The average Bonchev–Trinajstić information content (AvgIpc) is 2.60. The Labute approximate surface area is 170 Å². The molecule has 3 aromatic rings. The summed E-state index contributed by atoms with van der Waals surface area (Å²) in [6, 6.07) is 8.29. The van der Waals surface area contributed by atoms with E-state index in [1.807, 2.05) is 6.07 Å². The van der Waals surface area contributed by atoms with Crippen molar-refractivity contribution in [1.29, 1.82) is 0 Å². The van der Waals surface area contributed by atoms with Crippen LogP contribution in [0.3, 0.4) is 0 Å². The fraction of sp³-hybridized carbons (Fsp3) is 0.300. The number of rotatable bonds is 3. The van der Waals surface area contributed by atoms with Crippen LogP contribution in [0.5, 0.6) is 0 Å². The van der Waals surface area contributed by atoms with E-state index in [1.165, 1.54) is 4.57 Å². The third-order valence-corrected chi connectivity index (χ3v) is 4.56. The van der Waals surface area contributed by atoms with Gasteiger partial charge >= 0.3 is 6.09 Å². The Bertz CT molecular complexity index is 1070. The normalized spacial score (nSPS) is 12.6. The van der Waals surface area contributed by atoms with Crippen LogP contribution in [0.4, 0.5) is 4.79 Å². The van der Waals surface area contributed by atoms with E-state index in [9.17, 15) is 9.59 Å². The molecule has 2 aromatic heterocycles. The highest BCUT2D eigenvalue weighted by Crippen LogP contribution is 2.23. The zero-order valence-electron chi connectivity index (χ0n) is 16.1. The monoisotopic (exact) mass is 444 g/mol. The molecule has 0 aliphatic rings. The van der Waals surface area contributed by atoms with E-state index in [1.54, 1.807) is 64.4 Å². The number of nitrogens with one attached hydrogen (secondary N) is 1. The molecule has 0 radical (unpaired) electrons. The number of nitrogens with zero attached hydrogens (tertiary/aromatic N) is 3. The van der Waals surface area contributed by atoms with E-state index >= 15 is 0 Å². The second-order valence-electron chi connectivity index (χ2n) is 7.32. The van der Waals surface area contributed by atoms with Crippen molar-refractivity contribution in [2.45, 2.75) is 39.3 Å². The van der Waals surface area contributed by atoms with Crippen molar-refractivity contribution in [3.05, 3.63) is 63.4 Å². The molecule has 7 nitrogen and oxygen atoms in total. The number of hydrogen-bond acceptors (Lipinski definition) is 5. The predicted octanol–water partition coefficient (Wildman–Crippen LogP) is 4.13. The number of alkyl carbamates (subject to hydrolysis) is 1. The van der Waals surface area contributed by atoms with Crippen LogP contribution in [0.1, 0.15) is 39.6 Å².